The summed E-state index contributed by atoms with van der Waals surface area (Å²) in [6.45, 7) is 4.96. The zero-order valence-electron chi connectivity index (χ0n) is 12.8. The molecular weight excluding hydrogens is 270 g/mol. The summed E-state index contributed by atoms with van der Waals surface area (Å²) in [5.41, 5.74) is 5.85. The van der Waals surface area contributed by atoms with Crippen molar-refractivity contribution in [1.82, 2.24) is 20.5 Å². The average Bonchev–Trinajstić information content (AvgIpc) is 2.95. The van der Waals surface area contributed by atoms with Crippen LogP contribution in [-0.4, -0.2) is 46.4 Å². The summed E-state index contributed by atoms with van der Waals surface area (Å²) in [4.78, 5) is 16.0. The van der Waals surface area contributed by atoms with Gasteiger partial charge in [0.1, 0.15) is 5.82 Å². The quantitative estimate of drug-likeness (QED) is 0.677. The van der Waals surface area contributed by atoms with Crippen LogP contribution in [0.2, 0.25) is 0 Å². The molecule has 0 radical (unpaired) electrons. The molecule has 1 amide bonds. The molecule has 1 saturated carbocycles. The Morgan fingerprint density at radius 3 is 2.76 bits per heavy atom. The third-order valence-corrected chi connectivity index (χ3v) is 3.71. The highest BCUT2D eigenvalue weighted by Crippen LogP contribution is 2.19. The number of H-pyrrole nitrogens is 1. The maximum atomic E-state index is 11.8. The SMILES string of the molecule is CC(C)c1nc(C(=O)NCCOC2CCC(N)CC2)n[nH]1. The van der Waals surface area contributed by atoms with E-state index in [-0.39, 0.29) is 23.8 Å². The van der Waals surface area contributed by atoms with Gasteiger partial charge in [0.25, 0.3) is 5.91 Å². The monoisotopic (exact) mass is 295 g/mol. The smallest absolute Gasteiger partial charge is 0.291 e. The van der Waals surface area contributed by atoms with Gasteiger partial charge in [0.15, 0.2) is 0 Å². The summed E-state index contributed by atoms with van der Waals surface area (Å²) in [5, 5.41) is 9.44. The molecule has 1 heterocycles. The van der Waals surface area contributed by atoms with Crippen molar-refractivity contribution in [3.63, 3.8) is 0 Å². The topological polar surface area (TPSA) is 106 Å². The third-order valence-electron chi connectivity index (χ3n) is 3.71. The maximum absolute atomic E-state index is 11.8. The van der Waals surface area contributed by atoms with Crippen molar-refractivity contribution >= 4 is 5.91 Å². The summed E-state index contributed by atoms with van der Waals surface area (Å²) in [6, 6.07) is 0.324. The molecule has 0 spiro atoms. The molecule has 0 saturated heterocycles. The van der Waals surface area contributed by atoms with Gasteiger partial charge in [0, 0.05) is 18.5 Å². The predicted molar refractivity (Wildman–Crippen MR) is 79.0 cm³/mol. The number of aromatic amines is 1. The van der Waals surface area contributed by atoms with Crippen molar-refractivity contribution in [2.45, 2.75) is 57.6 Å². The Balaban J connectivity index is 1.65. The summed E-state index contributed by atoms with van der Waals surface area (Å²) >= 11 is 0. The van der Waals surface area contributed by atoms with E-state index in [1.54, 1.807) is 0 Å². The van der Waals surface area contributed by atoms with Crippen LogP contribution >= 0.6 is 0 Å². The number of carbonyl (C=O) groups is 1. The lowest BCUT2D eigenvalue weighted by Gasteiger charge is -2.26. The molecule has 7 heteroatoms. The predicted octanol–water partition coefficient (Wildman–Crippen LogP) is 0.944. The van der Waals surface area contributed by atoms with E-state index in [9.17, 15) is 4.79 Å². The number of hydrogen-bond acceptors (Lipinski definition) is 5. The van der Waals surface area contributed by atoms with Crippen molar-refractivity contribution in [3.05, 3.63) is 11.6 Å². The Labute approximate surface area is 125 Å². The Morgan fingerprint density at radius 2 is 2.14 bits per heavy atom. The minimum absolute atomic E-state index is 0.183. The van der Waals surface area contributed by atoms with Crippen LogP contribution in [0.15, 0.2) is 0 Å². The first-order valence-corrected chi connectivity index (χ1v) is 7.64. The van der Waals surface area contributed by atoms with Crippen LogP contribution in [0, 0.1) is 0 Å². The molecule has 0 unspecified atom stereocenters. The van der Waals surface area contributed by atoms with Crippen LogP contribution in [0.3, 0.4) is 0 Å². The van der Waals surface area contributed by atoms with Crippen molar-refractivity contribution in [2.24, 2.45) is 5.73 Å². The highest BCUT2D eigenvalue weighted by Gasteiger charge is 2.19. The molecule has 1 fully saturated rings. The number of rotatable bonds is 6. The molecule has 1 aliphatic rings. The molecule has 1 aromatic rings. The Morgan fingerprint density at radius 1 is 1.43 bits per heavy atom. The van der Waals surface area contributed by atoms with Gasteiger partial charge in [-0.25, -0.2) is 4.98 Å². The first-order valence-electron chi connectivity index (χ1n) is 7.64. The van der Waals surface area contributed by atoms with Gasteiger partial charge >= 0.3 is 0 Å². The maximum Gasteiger partial charge on any atom is 0.291 e. The normalized spacial score (nSPS) is 22.5. The molecule has 4 N–H and O–H groups in total. The Hall–Kier alpha value is -1.47. The number of aromatic nitrogens is 3. The summed E-state index contributed by atoms with van der Waals surface area (Å²) in [6.07, 6.45) is 4.33. The van der Waals surface area contributed by atoms with E-state index in [1.165, 1.54) is 0 Å². The van der Waals surface area contributed by atoms with E-state index in [1.807, 2.05) is 13.8 Å². The van der Waals surface area contributed by atoms with Crippen LogP contribution in [0.4, 0.5) is 0 Å². The second kappa shape index (κ2) is 7.51. The number of amides is 1. The van der Waals surface area contributed by atoms with Crippen LogP contribution < -0.4 is 11.1 Å². The van der Waals surface area contributed by atoms with Gasteiger partial charge in [0.2, 0.25) is 5.82 Å². The average molecular weight is 295 g/mol. The van der Waals surface area contributed by atoms with E-state index in [0.29, 0.717) is 19.2 Å². The van der Waals surface area contributed by atoms with Crippen LogP contribution in [0.1, 0.15) is 61.9 Å². The summed E-state index contributed by atoms with van der Waals surface area (Å²) < 4.78 is 5.74. The van der Waals surface area contributed by atoms with E-state index >= 15 is 0 Å². The first-order chi connectivity index (χ1) is 10.1. The van der Waals surface area contributed by atoms with Crippen LogP contribution in [0.25, 0.3) is 0 Å². The largest absolute Gasteiger partial charge is 0.376 e. The van der Waals surface area contributed by atoms with Gasteiger partial charge in [-0.3, -0.25) is 9.89 Å². The molecule has 0 bridgehead atoms. The number of hydrogen-bond donors (Lipinski definition) is 3. The van der Waals surface area contributed by atoms with Crippen LogP contribution in [-0.2, 0) is 4.74 Å². The molecule has 118 valence electrons. The van der Waals surface area contributed by atoms with Gasteiger partial charge in [0.05, 0.1) is 12.7 Å². The lowest BCUT2D eigenvalue weighted by molar-refractivity contribution is 0.0267. The second-order valence-electron chi connectivity index (χ2n) is 5.86. The summed E-state index contributed by atoms with van der Waals surface area (Å²) in [5.74, 6) is 0.852. The van der Waals surface area contributed by atoms with Crippen molar-refractivity contribution in [2.75, 3.05) is 13.2 Å². The lowest BCUT2D eigenvalue weighted by atomic mass is 9.94. The molecule has 1 aromatic heterocycles. The van der Waals surface area contributed by atoms with Crippen molar-refractivity contribution in [3.8, 4) is 0 Å². The molecule has 21 heavy (non-hydrogen) atoms. The molecule has 2 rings (SSSR count). The fourth-order valence-electron chi connectivity index (χ4n) is 2.36. The molecule has 7 nitrogen and oxygen atoms in total. The zero-order valence-corrected chi connectivity index (χ0v) is 12.8. The number of nitrogens with two attached hydrogens (primary N) is 1. The Bertz CT molecular complexity index is 452. The van der Waals surface area contributed by atoms with Gasteiger partial charge in [-0.05, 0) is 25.7 Å². The molecule has 0 atom stereocenters. The van der Waals surface area contributed by atoms with Gasteiger partial charge in [-0.1, -0.05) is 13.8 Å². The van der Waals surface area contributed by atoms with Gasteiger partial charge in [-0.2, -0.15) is 0 Å². The van der Waals surface area contributed by atoms with E-state index < -0.39 is 0 Å². The first kappa shape index (κ1) is 15.9. The number of carbonyl (C=O) groups excluding carboxylic acids is 1. The standard InChI is InChI=1S/C14H25N5O2/c1-9(2)12-17-13(19-18-12)14(20)16-7-8-21-11-5-3-10(15)4-6-11/h9-11H,3-8,15H2,1-2H3,(H,16,20)(H,17,18,19). The van der Waals surface area contributed by atoms with E-state index in [4.69, 9.17) is 10.5 Å². The van der Waals surface area contributed by atoms with Crippen molar-refractivity contribution in [1.29, 1.82) is 0 Å². The fraction of sp³-hybridized carbons (Fsp3) is 0.786. The highest BCUT2D eigenvalue weighted by atomic mass is 16.5. The van der Waals surface area contributed by atoms with Gasteiger partial charge in [-0.15, -0.1) is 5.10 Å². The number of ether oxygens (including phenoxy) is 1. The second-order valence-corrected chi connectivity index (χ2v) is 5.86. The third kappa shape index (κ3) is 4.78. The number of nitrogens with zero attached hydrogens (tertiary/aromatic N) is 2. The minimum Gasteiger partial charge on any atom is -0.376 e. The fourth-order valence-corrected chi connectivity index (χ4v) is 2.36. The molecular formula is C14H25N5O2. The van der Waals surface area contributed by atoms with Crippen molar-refractivity contribution < 1.29 is 9.53 Å². The minimum atomic E-state index is -0.271. The van der Waals surface area contributed by atoms with Gasteiger partial charge < -0.3 is 15.8 Å². The van der Waals surface area contributed by atoms with E-state index in [0.717, 1.165) is 31.5 Å². The van der Waals surface area contributed by atoms with E-state index in [2.05, 4.69) is 20.5 Å². The summed E-state index contributed by atoms with van der Waals surface area (Å²) in [7, 11) is 0. The molecule has 1 aliphatic carbocycles. The van der Waals surface area contributed by atoms with Crippen LogP contribution in [0.5, 0.6) is 0 Å². The molecule has 0 aliphatic heterocycles. The zero-order chi connectivity index (χ0) is 15.2. The number of nitrogens with one attached hydrogen (secondary N) is 2. The lowest BCUT2D eigenvalue weighted by Crippen LogP contribution is -2.33. The Kier molecular flexibility index (Phi) is 5.69. The molecule has 0 aromatic carbocycles. The highest BCUT2D eigenvalue weighted by molar-refractivity contribution is 5.90.